The van der Waals surface area contributed by atoms with Crippen LogP contribution in [0.3, 0.4) is 0 Å². The number of carbonyl (C=O) groups is 2. The average molecular weight is 373 g/mol. The summed E-state index contributed by atoms with van der Waals surface area (Å²) in [5, 5.41) is 11.7. The smallest absolute Gasteiger partial charge is 0.339 e. The second-order valence-corrected chi connectivity index (χ2v) is 5.93. The fourth-order valence-electron chi connectivity index (χ4n) is 2.16. The second-order valence-electron chi connectivity index (χ2n) is 5.53. The Kier molecular flexibility index (Phi) is 6.21. The Morgan fingerprint density at radius 3 is 2.58 bits per heavy atom. The number of nitriles is 1. The van der Waals surface area contributed by atoms with E-state index in [0.29, 0.717) is 17.0 Å². The third kappa shape index (κ3) is 4.52. The van der Waals surface area contributed by atoms with Crippen LogP contribution in [0.1, 0.15) is 28.4 Å². The van der Waals surface area contributed by atoms with E-state index in [-0.39, 0.29) is 10.6 Å². The van der Waals surface area contributed by atoms with Crippen molar-refractivity contribution in [1.82, 2.24) is 0 Å². The van der Waals surface area contributed by atoms with Crippen LogP contribution in [0.15, 0.2) is 36.4 Å². The maximum atomic E-state index is 12.2. The van der Waals surface area contributed by atoms with Crippen LogP contribution in [-0.2, 0) is 9.53 Å². The van der Waals surface area contributed by atoms with Crippen LogP contribution in [0.5, 0.6) is 5.75 Å². The van der Waals surface area contributed by atoms with E-state index in [1.54, 1.807) is 24.3 Å². The lowest BCUT2D eigenvalue weighted by Gasteiger charge is -2.14. The molecule has 2 rings (SSSR count). The van der Waals surface area contributed by atoms with E-state index in [2.05, 4.69) is 5.32 Å². The standard InChI is InChI=1S/C19H17ClN2O4/c1-11-4-5-13(8-17(11)25-3)19(24)26-12(2)18(23)22-15-7-6-14(10-21)16(20)9-15/h4-9,12H,1-3H3,(H,22,23)/t12-/m0/s1. The van der Waals surface area contributed by atoms with Gasteiger partial charge in [-0.05, 0) is 49.7 Å². The summed E-state index contributed by atoms with van der Waals surface area (Å²) in [7, 11) is 1.51. The molecule has 0 unspecified atom stereocenters. The lowest BCUT2D eigenvalue weighted by atomic mass is 10.1. The van der Waals surface area contributed by atoms with E-state index in [9.17, 15) is 9.59 Å². The summed E-state index contributed by atoms with van der Waals surface area (Å²) in [4.78, 5) is 24.4. The Bertz CT molecular complexity index is 890. The van der Waals surface area contributed by atoms with E-state index in [1.807, 2.05) is 13.0 Å². The zero-order valence-electron chi connectivity index (χ0n) is 14.5. The number of nitrogens with zero attached hydrogens (tertiary/aromatic N) is 1. The molecular weight excluding hydrogens is 356 g/mol. The summed E-state index contributed by atoms with van der Waals surface area (Å²) < 4.78 is 10.4. The predicted molar refractivity (Wildman–Crippen MR) is 97.4 cm³/mol. The Balaban J connectivity index is 2.03. The highest BCUT2D eigenvalue weighted by Gasteiger charge is 2.20. The zero-order valence-corrected chi connectivity index (χ0v) is 15.3. The van der Waals surface area contributed by atoms with Crippen LogP contribution in [0.25, 0.3) is 0 Å². The molecule has 2 aromatic carbocycles. The monoisotopic (exact) mass is 372 g/mol. The number of benzene rings is 2. The van der Waals surface area contributed by atoms with E-state index >= 15 is 0 Å². The van der Waals surface area contributed by atoms with Gasteiger partial charge in [-0.15, -0.1) is 0 Å². The van der Waals surface area contributed by atoms with Gasteiger partial charge in [0.25, 0.3) is 5.91 Å². The van der Waals surface area contributed by atoms with Gasteiger partial charge in [0.1, 0.15) is 11.8 Å². The lowest BCUT2D eigenvalue weighted by Crippen LogP contribution is -2.30. The minimum Gasteiger partial charge on any atom is -0.496 e. The molecule has 0 saturated heterocycles. The van der Waals surface area contributed by atoms with Crippen LogP contribution >= 0.6 is 11.6 Å². The Morgan fingerprint density at radius 2 is 1.96 bits per heavy atom. The van der Waals surface area contributed by atoms with E-state index < -0.39 is 18.0 Å². The van der Waals surface area contributed by atoms with Crippen LogP contribution in [0.4, 0.5) is 5.69 Å². The van der Waals surface area contributed by atoms with Gasteiger partial charge in [-0.1, -0.05) is 17.7 Å². The summed E-state index contributed by atoms with van der Waals surface area (Å²) in [5.74, 6) is -0.592. The summed E-state index contributed by atoms with van der Waals surface area (Å²) in [6, 6.07) is 11.3. The van der Waals surface area contributed by atoms with Crippen molar-refractivity contribution < 1.29 is 19.1 Å². The number of hydrogen-bond acceptors (Lipinski definition) is 5. The largest absolute Gasteiger partial charge is 0.496 e. The molecule has 0 spiro atoms. The van der Waals surface area contributed by atoms with Crippen molar-refractivity contribution >= 4 is 29.2 Å². The first kappa shape index (κ1) is 19.3. The molecule has 7 heteroatoms. The predicted octanol–water partition coefficient (Wildman–Crippen LogP) is 3.71. The van der Waals surface area contributed by atoms with Crippen molar-refractivity contribution in [3.05, 3.63) is 58.1 Å². The SMILES string of the molecule is COc1cc(C(=O)O[C@@H](C)C(=O)Nc2ccc(C#N)c(Cl)c2)ccc1C. The number of anilines is 1. The molecule has 0 fully saturated rings. The van der Waals surface area contributed by atoms with Crippen LogP contribution in [0, 0.1) is 18.3 Å². The number of ether oxygens (including phenoxy) is 2. The molecule has 6 nitrogen and oxygen atoms in total. The molecular formula is C19H17ClN2O4. The highest BCUT2D eigenvalue weighted by molar-refractivity contribution is 6.32. The first-order valence-electron chi connectivity index (χ1n) is 7.72. The van der Waals surface area contributed by atoms with Gasteiger partial charge in [-0.3, -0.25) is 4.79 Å². The Morgan fingerprint density at radius 1 is 1.23 bits per heavy atom. The first-order chi connectivity index (χ1) is 12.3. The van der Waals surface area contributed by atoms with E-state index in [4.69, 9.17) is 26.3 Å². The average Bonchev–Trinajstić information content (AvgIpc) is 2.62. The van der Waals surface area contributed by atoms with Gasteiger partial charge in [0, 0.05) is 5.69 Å². The minimum absolute atomic E-state index is 0.224. The molecule has 0 heterocycles. The number of carbonyl (C=O) groups excluding carboxylic acids is 2. The first-order valence-corrected chi connectivity index (χ1v) is 8.09. The third-order valence-corrected chi connectivity index (χ3v) is 3.97. The molecule has 0 saturated carbocycles. The quantitative estimate of drug-likeness (QED) is 0.808. The maximum Gasteiger partial charge on any atom is 0.339 e. The number of esters is 1. The molecule has 2 aromatic rings. The second kappa shape index (κ2) is 8.37. The molecule has 0 aliphatic carbocycles. The Hall–Kier alpha value is -3.04. The molecule has 1 N–H and O–H groups in total. The van der Waals surface area contributed by atoms with Crippen LogP contribution in [0.2, 0.25) is 5.02 Å². The minimum atomic E-state index is -1.02. The zero-order chi connectivity index (χ0) is 19.3. The normalized spacial score (nSPS) is 11.2. The molecule has 1 amide bonds. The van der Waals surface area contributed by atoms with Gasteiger partial charge in [0.05, 0.1) is 23.3 Å². The molecule has 1 atom stereocenters. The van der Waals surface area contributed by atoms with Gasteiger partial charge in [-0.2, -0.15) is 5.26 Å². The van der Waals surface area contributed by atoms with Crippen LogP contribution in [-0.4, -0.2) is 25.1 Å². The molecule has 0 aliphatic rings. The van der Waals surface area contributed by atoms with Crippen molar-refractivity contribution in [3.8, 4) is 11.8 Å². The van der Waals surface area contributed by atoms with Crippen molar-refractivity contribution in [3.63, 3.8) is 0 Å². The number of methoxy groups -OCH3 is 1. The summed E-state index contributed by atoms with van der Waals surface area (Å²) in [5.41, 5.74) is 1.87. The number of aryl methyl sites for hydroxylation is 1. The highest BCUT2D eigenvalue weighted by Crippen LogP contribution is 2.21. The Labute approximate surface area is 156 Å². The van der Waals surface area contributed by atoms with Gasteiger partial charge in [0.2, 0.25) is 0 Å². The molecule has 0 radical (unpaired) electrons. The van der Waals surface area contributed by atoms with Crippen molar-refractivity contribution in [2.45, 2.75) is 20.0 Å². The summed E-state index contributed by atoms with van der Waals surface area (Å²) in [6.45, 7) is 3.32. The number of nitrogens with one attached hydrogen (secondary N) is 1. The highest BCUT2D eigenvalue weighted by atomic mass is 35.5. The van der Waals surface area contributed by atoms with Crippen molar-refractivity contribution in [2.24, 2.45) is 0 Å². The van der Waals surface area contributed by atoms with Crippen molar-refractivity contribution in [2.75, 3.05) is 12.4 Å². The fourth-order valence-corrected chi connectivity index (χ4v) is 2.38. The van der Waals surface area contributed by atoms with Gasteiger partial charge in [-0.25, -0.2) is 4.79 Å². The van der Waals surface area contributed by atoms with Gasteiger partial charge in [0.15, 0.2) is 6.10 Å². The fraction of sp³-hybridized carbons (Fsp3) is 0.211. The topological polar surface area (TPSA) is 88.4 Å². The number of rotatable bonds is 5. The summed E-state index contributed by atoms with van der Waals surface area (Å²) in [6.07, 6.45) is -1.02. The number of halogens is 1. The van der Waals surface area contributed by atoms with Gasteiger partial charge >= 0.3 is 5.97 Å². The number of hydrogen-bond donors (Lipinski definition) is 1. The third-order valence-electron chi connectivity index (χ3n) is 3.65. The van der Waals surface area contributed by atoms with Gasteiger partial charge < -0.3 is 14.8 Å². The van der Waals surface area contributed by atoms with E-state index in [0.717, 1.165) is 5.56 Å². The molecule has 134 valence electrons. The van der Waals surface area contributed by atoms with Crippen molar-refractivity contribution in [1.29, 1.82) is 5.26 Å². The van der Waals surface area contributed by atoms with E-state index in [1.165, 1.54) is 26.2 Å². The summed E-state index contributed by atoms with van der Waals surface area (Å²) >= 11 is 5.93. The maximum absolute atomic E-state index is 12.2. The molecule has 0 aliphatic heterocycles. The molecule has 0 aromatic heterocycles. The molecule has 0 bridgehead atoms. The van der Waals surface area contributed by atoms with Crippen LogP contribution < -0.4 is 10.1 Å². The molecule has 26 heavy (non-hydrogen) atoms. The lowest BCUT2D eigenvalue weighted by molar-refractivity contribution is -0.123. The number of amides is 1.